The van der Waals surface area contributed by atoms with Crippen molar-refractivity contribution in [1.29, 1.82) is 0 Å². The summed E-state index contributed by atoms with van der Waals surface area (Å²) in [6.07, 6.45) is -0.170. The van der Waals surface area contributed by atoms with E-state index in [4.69, 9.17) is 4.74 Å². The summed E-state index contributed by atoms with van der Waals surface area (Å²) in [5.74, 6) is -1.38. The maximum absolute atomic E-state index is 13.9. The summed E-state index contributed by atoms with van der Waals surface area (Å²) in [5.41, 5.74) is 2.50. The molecule has 5 N–H and O–H groups in total. The Morgan fingerprint density at radius 1 is 0.722 bits per heavy atom. The third-order valence-corrected chi connectivity index (χ3v) is 11.4. The van der Waals surface area contributed by atoms with Crippen molar-refractivity contribution in [3.05, 3.63) is 90.1 Å². The standard InChI is InChI=1S/C39H53N5O9S/c1-38(2,3)32(43-36(48)52-6)34(46)41-28(22-26-17-19-27(20-18-26)29-16-12-13-21-40-29)24-31(45)30(23-25-14-10-9-11-15-25)42-35(47)33(44-37(49)53-7)39(4,5)54(8,50)51/h9-21,28,30-33,45H,22-24H2,1-8H3,(H,41,46)(H,42,47)(H,43,48)(H,44,49)/t28-,30-,31-,32+,33+/m0/s1. The molecule has 14 nitrogen and oxygen atoms in total. The number of aliphatic hydroxyl groups is 1. The van der Waals surface area contributed by atoms with Crippen molar-refractivity contribution in [3.63, 3.8) is 0 Å². The molecule has 3 rings (SSSR count). The van der Waals surface area contributed by atoms with Gasteiger partial charge in [0.2, 0.25) is 11.8 Å². The molecule has 294 valence electrons. The minimum Gasteiger partial charge on any atom is -0.453 e. The van der Waals surface area contributed by atoms with Gasteiger partial charge in [-0.25, -0.2) is 18.0 Å². The smallest absolute Gasteiger partial charge is 0.407 e. The number of aliphatic hydroxyl groups excluding tert-OH is 1. The van der Waals surface area contributed by atoms with Crippen molar-refractivity contribution in [2.24, 2.45) is 5.41 Å². The molecule has 0 saturated heterocycles. The zero-order chi connectivity index (χ0) is 40.3. The minimum atomic E-state index is -3.92. The number of rotatable bonds is 16. The Morgan fingerprint density at radius 2 is 1.26 bits per heavy atom. The molecule has 54 heavy (non-hydrogen) atoms. The van der Waals surface area contributed by atoms with Crippen LogP contribution < -0.4 is 21.3 Å². The summed E-state index contributed by atoms with van der Waals surface area (Å²) in [5, 5.41) is 22.7. The van der Waals surface area contributed by atoms with Gasteiger partial charge in [0.1, 0.15) is 12.1 Å². The van der Waals surface area contributed by atoms with Crippen molar-refractivity contribution < 1.29 is 42.2 Å². The molecule has 0 unspecified atom stereocenters. The summed E-state index contributed by atoms with van der Waals surface area (Å²) in [4.78, 5) is 56.8. The van der Waals surface area contributed by atoms with Gasteiger partial charge in [0.05, 0.1) is 36.8 Å². The third-order valence-electron chi connectivity index (χ3n) is 9.30. The van der Waals surface area contributed by atoms with Gasteiger partial charge < -0.3 is 35.8 Å². The molecule has 0 spiro atoms. The van der Waals surface area contributed by atoms with Gasteiger partial charge in [-0.05, 0) is 61.8 Å². The van der Waals surface area contributed by atoms with E-state index in [1.165, 1.54) is 21.0 Å². The molecule has 5 atom stereocenters. The monoisotopic (exact) mass is 767 g/mol. The van der Waals surface area contributed by atoms with Gasteiger partial charge in [-0.2, -0.15) is 0 Å². The minimum absolute atomic E-state index is 0.0782. The Morgan fingerprint density at radius 3 is 1.78 bits per heavy atom. The summed E-state index contributed by atoms with van der Waals surface area (Å²) < 4.78 is 33.3. The van der Waals surface area contributed by atoms with Crippen molar-refractivity contribution in [2.75, 3.05) is 20.5 Å². The zero-order valence-electron chi connectivity index (χ0n) is 32.1. The molecular formula is C39H53N5O9S. The lowest BCUT2D eigenvalue weighted by atomic mass is 9.85. The van der Waals surface area contributed by atoms with E-state index in [-0.39, 0.29) is 19.3 Å². The number of carbonyl (C=O) groups is 4. The van der Waals surface area contributed by atoms with E-state index in [2.05, 4.69) is 31.0 Å². The van der Waals surface area contributed by atoms with Crippen LogP contribution >= 0.6 is 0 Å². The SMILES string of the molecule is COC(=O)N[C@H](C(=O)N[C@@H](Cc1ccc(-c2ccccn2)cc1)C[C@H](O)[C@H](Cc1ccccc1)NC(=O)[C@@H](NC(=O)OC)C(C)(C)S(C)(=O)=O)C(C)(C)C. The average Bonchev–Trinajstić information content (AvgIpc) is 3.12. The average molecular weight is 768 g/mol. The van der Waals surface area contributed by atoms with E-state index >= 15 is 0 Å². The highest BCUT2D eigenvalue weighted by Gasteiger charge is 2.45. The van der Waals surface area contributed by atoms with Crippen molar-refractivity contribution in [1.82, 2.24) is 26.3 Å². The zero-order valence-corrected chi connectivity index (χ0v) is 32.9. The molecule has 1 aromatic heterocycles. The van der Waals surface area contributed by atoms with Gasteiger partial charge in [0.25, 0.3) is 0 Å². The van der Waals surface area contributed by atoms with Crippen LogP contribution in [-0.4, -0.2) is 98.0 Å². The van der Waals surface area contributed by atoms with Crippen molar-refractivity contribution in [2.45, 2.75) is 88.9 Å². The van der Waals surface area contributed by atoms with Crippen molar-refractivity contribution >= 4 is 33.8 Å². The van der Waals surface area contributed by atoms with E-state index < -0.39 is 74.3 Å². The molecule has 0 bridgehead atoms. The largest absolute Gasteiger partial charge is 0.453 e. The van der Waals surface area contributed by atoms with Gasteiger partial charge >= 0.3 is 12.2 Å². The number of methoxy groups -OCH3 is 2. The van der Waals surface area contributed by atoms with Gasteiger partial charge in [0.15, 0.2) is 9.84 Å². The highest BCUT2D eigenvalue weighted by Crippen LogP contribution is 2.24. The number of nitrogens with zero attached hydrogens (tertiary/aromatic N) is 1. The second kappa shape index (κ2) is 18.8. The fraction of sp³-hybridized carbons (Fsp3) is 0.462. The predicted octanol–water partition coefficient (Wildman–Crippen LogP) is 3.57. The fourth-order valence-corrected chi connectivity index (χ4v) is 6.37. The lowest BCUT2D eigenvalue weighted by Crippen LogP contribution is -2.63. The number of hydrogen-bond donors (Lipinski definition) is 5. The number of aromatic nitrogens is 1. The van der Waals surface area contributed by atoms with E-state index in [0.29, 0.717) is 0 Å². The number of carbonyl (C=O) groups excluding carboxylic acids is 4. The second-order valence-corrected chi connectivity index (χ2v) is 17.4. The summed E-state index contributed by atoms with van der Waals surface area (Å²) in [7, 11) is -1.63. The van der Waals surface area contributed by atoms with Crippen LogP contribution in [-0.2, 0) is 41.7 Å². The first-order valence-corrected chi connectivity index (χ1v) is 19.4. The Labute approximate surface area is 317 Å². The number of alkyl carbamates (subject to hydrolysis) is 2. The molecule has 0 saturated carbocycles. The molecular weight excluding hydrogens is 715 g/mol. The van der Waals surface area contributed by atoms with Crippen LogP contribution in [0, 0.1) is 5.41 Å². The first kappa shape index (κ1) is 43.4. The van der Waals surface area contributed by atoms with Gasteiger partial charge in [-0.15, -0.1) is 0 Å². The summed E-state index contributed by atoms with van der Waals surface area (Å²) >= 11 is 0. The van der Waals surface area contributed by atoms with E-state index in [1.807, 2.05) is 60.7 Å². The molecule has 3 aromatic rings. The Hall–Kier alpha value is -5.02. The molecule has 0 aliphatic rings. The van der Waals surface area contributed by atoms with Crippen LogP contribution in [0.4, 0.5) is 9.59 Å². The highest BCUT2D eigenvalue weighted by atomic mass is 32.2. The molecule has 15 heteroatoms. The van der Waals surface area contributed by atoms with Gasteiger partial charge in [-0.1, -0.05) is 81.4 Å². The summed E-state index contributed by atoms with van der Waals surface area (Å²) in [6.45, 7) is 7.98. The third kappa shape index (κ3) is 12.3. The number of benzene rings is 2. The first-order chi connectivity index (χ1) is 25.3. The number of sulfone groups is 1. The second-order valence-electron chi connectivity index (χ2n) is 14.8. The van der Waals surface area contributed by atoms with Crippen LogP contribution in [0.2, 0.25) is 0 Å². The fourth-order valence-electron chi connectivity index (χ4n) is 5.78. The molecule has 1 heterocycles. The number of ether oxygens (including phenoxy) is 2. The number of nitrogens with one attached hydrogen (secondary N) is 4. The molecule has 4 amide bonds. The molecule has 0 radical (unpaired) electrons. The number of pyridine rings is 1. The first-order valence-electron chi connectivity index (χ1n) is 17.5. The maximum Gasteiger partial charge on any atom is 0.407 e. The van der Waals surface area contributed by atoms with Gasteiger partial charge in [0, 0.05) is 24.1 Å². The molecule has 0 fully saturated rings. The van der Waals surface area contributed by atoms with Crippen LogP contribution in [0.25, 0.3) is 11.3 Å². The Balaban J connectivity index is 2.01. The number of hydrogen-bond acceptors (Lipinski definition) is 10. The predicted molar refractivity (Wildman–Crippen MR) is 205 cm³/mol. The van der Waals surface area contributed by atoms with E-state index in [9.17, 15) is 32.7 Å². The molecule has 0 aliphatic carbocycles. The van der Waals surface area contributed by atoms with E-state index in [0.717, 1.165) is 35.7 Å². The van der Waals surface area contributed by atoms with Crippen molar-refractivity contribution in [3.8, 4) is 11.3 Å². The maximum atomic E-state index is 13.9. The van der Waals surface area contributed by atoms with Crippen LogP contribution in [0.1, 0.15) is 52.2 Å². The highest BCUT2D eigenvalue weighted by molar-refractivity contribution is 7.92. The Kier molecular flexibility index (Phi) is 15.1. The summed E-state index contributed by atoms with van der Waals surface area (Å²) in [6, 6.07) is 17.9. The number of amides is 4. The van der Waals surface area contributed by atoms with Crippen LogP contribution in [0.5, 0.6) is 0 Å². The normalized spacial score (nSPS) is 14.7. The lowest BCUT2D eigenvalue weighted by Gasteiger charge is -2.35. The quantitative estimate of drug-likeness (QED) is 0.144. The lowest BCUT2D eigenvalue weighted by molar-refractivity contribution is -0.127. The molecule has 0 aliphatic heterocycles. The topological polar surface area (TPSA) is 202 Å². The van der Waals surface area contributed by atoms with Gasteiger partial charge in [-0.3, -0.25) is 14.6 Å². The Bertz CT molecular complexity index is 1820. The van der Waals surface area contributed by atoms with E-state index in [1.54, 1.807) is 39.1 Å². The van der Waals surface area contributed by atoms with Crippen LogP contribution in [0.15, 0.2) is 79.0 Å². The molecule has 2 aromatic carbocycles. The van der Waals surface area contributed by atoms with Crippen LogP contribution in [0.3, 0.4) is 0 Å².